The molecule has 1 atom stereocenters. The van der Waals surface area contributed by atoms with Crippen LogP contribution in [0.15, 0.2) is 30.3 Å². The second-order valence-electron chi connectivity index (χ2n) is 4.78. The number of nitrogens with one attached hydrogen (secondary N) is 1. The first-order valence-corrected chi connectivity index (χ1v) is 6.23. The van der Waals surface area contributed by atoms with E-state index in [-0.39, 0.29) is 0 Å². The average Bonchev–Trinajstić information content (AvgIpc) is 2.24. The summed E-state index contributed by atoms with van der Waals surface area (Å²) in [5.74, 6) is 0. The van der Waals surface area contributed by atoms with E-state index in [1.807, 2.05) is 7.05 Å². The van der Waals surface area contributed by atoms with Crippen molar-refractivity contribution in [3.8, 4) is 0 Å². The Kier molecular flexibility index (Phi) is 3.97. The summed E-state index contributed by atoms with van der Waals surface area (Å²) in [4.78, 5) is 2.50. The van der Waals surface area contributed by atoms with Gasteiger partial charge in [0.15, 0.2) is 0 Å². The maximum Gasteiger partial charge on any atom is 0.0446 e. The lowest BCUT2D eigenvalue weighted by atomic mass is 9.91. The van der Waals surface area contributed by atoms with E-state index in [0.29, 0.717) is 6.04 Å². The van der Waals surface area contributed by atoms with E-state index < -0.39 is 0 Å². The highest BCUT2D eigenvalue weighted by Crippen LogP contribution is 2.25. The predicted molar refractivity (Wildman–Crippen MR) is 68.5 cm³/mol. The van der Waals surface area contributed by atoms with E-state index >= 15 is 0 Å². The van der Waals surface area contributed by atoms with Crippen molar-refractivity contribution >= 4 is 0 Å². The fourth-order valence-electron chi connectivity index (χ4n) is 2.31. The van der Waals surface area contributed by atoms with Gasteiger partial charge < -0.3 is 10.2 Å². The highest BCUT2D eigenvalue weighted by Gasteiger charge is 2.23. The van der Waals surface area contributed by atoms with E-state index in [4.69, 9.17) is 0 Å². The molecule has 1 unspecified atom stereocenters. The third-order valence-electron chi connectivity index (χ3n) is 3.72. The van der Waals surface area contributed by atoms with Gasteiger partial charge in [0.2, 0.25) is 0 Å². The zero-order chi connectivity index (χ0) is 11.4. The van der Waals surface area contributed by atoms with E-state index in [1.54, 1.807) is 0 Å². The summed E-state index contributed by atoms with van der Waals surface area (Å²) in [5, 5.41) is 3.41. The average molecular weight is 218 g/mol. The molecule has 88 valence electrons. The maximum atomic E-state index is 3.41. The van der Waals surface area contributed by atoms with Crippen molar-refractivity contribution in [1.82, 2.24) is 10.2 Å². The van der Waals surface area contributed by atoms with E-state index in [0.717, 1.165) is 12.6 Å². The minimum Gasteiger partial charge on any atom is -0.312 e. The first kappa shape index (κ1) is 11.6. The van der Waals surface area contributed by atoms with Gasteiger partial charge in [0.05, 0.1) is 0 Å². The second-order valence-corrected chi connectivity index (χ2v) is 4.78. The molecule has 1 aliphatic rings. The normalized spacial score (nSPS) is 18.4. The first-order chi connectivity index (χ1) is 7.81. The molecule has 16 heavy (non-hydrogen) atoms. The number of hydrogen-bond acceptors (Lipinski definition) is 2. The van der Waals surface area contributed by atoms with Gasteiger partial charge in [-0.1, -0.05) is 36.8 Å². The highest BCUT2D eigenvalue weighted by molar-refractivity contribution is 5.19. The van der Waals surface area contributed by atoms with Gasteiger partial charge in [-0.05, 0) is 32.5 Å². The molecule has 0 radical (unpaired) electrons. The lowest BCUT2D eigenvalue weighted by Gasteiger charge is -2.36. The zero-order valence-electron chi connectivity index (χ0n) is 10.3. The van der Waals surface area contributed by atoms with Gasteiger partial charge in [0.25, 0.3) is 0 Å². The van der Waals surface area contributed by atoms with Crippen LogP contribution < -0.4 is 5.32 Å². The van der Waals surface area contributed by atoms with Gasteiger partial charge in [0.1, 0.15) is 0 Å². The molecule has 0 saturated heterocycles. The summed E-state index contributed by atoms with van der Waals surface area (Å²) >= 11 is 0. The summed E-state index contributed by atoms with van der Waals surface area (Å²) in [6.07, 6.45) is 4.16. The van der Waals surface area contributed by atoms with Gasteiger partial charge in [-0.25, -0.2) is 0 Å². The topological polar surface area (TPSA) is 15.3 Å². The molecule has 0 aromatic heterocycles. The fourth-order valence-corrected chi connectivity index (χ4v) is 2.31. The van der Waals surface area contributed by atoms with Gasteiger partial charge in [-0.15, -0.1) is 0 Å². The minimum atomic E-state index is 0.451. The Balaban J connectivity index is 1.94. The van der Waals surface area contributed by atoms with Crippen molar-refractivity contribution in [2.75, 3.05) is 20.6 Å². The summed E-state index contributed by atoms with van der Waals surface area (Å²) in [6.45, 7) is 1.10. The number of benzene rings is 1. The van der Waals surface area contributed by atoms with Crippen molar-refractivity contribution in [3.05, 3.63) is 35.9 Å². The quantitative estimate of drug-likeness (QED) is 0.816. The number of hydrogen-bond donors (Lipinski definition) is 1. The summed E-state index contributed by atoms with van der Waals surface area (Å²) in [5.41, 5.74) is 1.39. The van der Waals surface area contributed by atoms with E-state index in [9.17, 15) is 0 Å². The third-order valence-corrected chi connectivity index (χ3v) is 3.72. The monoisotopic (exact) mass is 218 g/mol. The van der Waals surface area contributed by atoms with Crippen LogP contribution in [0.1, 0.15) is 30.9 Å². The van der Waals surface area contributed by atoms with Gasteiger partial charge >= 0.3 is 0 Å². The van der Waals surface area contributed by atoms with Crippen LogP contribution in [-0.4, -0.2) is 31.6 Å². The van der Waals surface area contributed by atoms with Crippen LogP contribution >= 0.6 is 0 Å². The molecule has 2 heteroatoms. The summed E-state index contributed by atoms with van der Waals surface area (Å²) in [7, 11) is 4.30. The second kappa shape index (κ2) is 5.46. The standard InChI is InChI=1S/C14H22N2/c1-15-14(12-7-4-3-5-8-12)11-16(2)13-9-6-10-13/h3-5,7-8,13-15H,6,9-11H2,1-2H3. The van der Waals surface area contributed by atoms with E-state index in [2.05, 4.69) is 47.6 Å². The smallest absolute Gasteiger partial charge is 0.0446 e. The van der Waals surface area contributed by atoms with Gasteiger partial charge in [-0.2, -0.15) is 0 Å². The molecule has 0 spiro atoms. The van der Waals surface area contributed by atoms with Crippen LogP contribution in [-0.2, 0) is 0 Å². The molecule has 1 N–H and O–H groups in total. The van der Waals surface area contributed by atoms with Crippen molar-refractivity contribution < 1.29 is 0 Å². The molecule has 0 amide bonds. The lowest BCUT2D eigenvalue weighted by molar-refractivity contribution is 0.147. The Hall–Kier alpha value is -0.860. The lowest BCUT2D eigenvalue weighted by Crippen LogP contribution is -2.41. The molecule has 1 aromatic rings. The zero-order valence-corrected chi connectivity index (χ0v) is 10.3. The Morgan fingerprint density at radius 1 is 1.31 bits per heavy atom. The fraction of sp³-hybridized carbons (Fsp3) is 0.571. The number of nitrogens with zero attached hydrogens (tertiary/aromatic N) is 1. The molecule has 1 saturated carbocycles. The Morgan fingerprint density at radius 3 is 2.50 bits per heavy atom. The molecule has 2 rings (SSSR count). The Morgan fingerprint density at radius 2 is 2.00 bits per heavy atom. The largest absolute Gasteiger partial charge is 0.312 e. The van der Waals surface area contributed by atoms with Crippen molar-refractivity contribution in [3.63, 3.8) is 0 Å². The van der Waals surface area contributed by atoms with E-state index in [1.165, 1.54) is 24.8 Å². The van der Waals surface area contributed by atoms with Crippen LogP contribution in [0.25, 0.3) is 0 Å². The maximum absolute atomic E-state index is 3.41. The summed E-state index contributed by atoms with van der Waals surface area (Å²) in [6, 6.07) is 12.0. The SMILES string of the molecule is CNC(CN(C)C1CCC1)c1ccccc1. The highest BCUT2D eigenvalue weighted by atomic mass is 15.2. The third kappa shape index (κ3) is 2.63. The molecule has 1 aliphatic carbocycles. The molecular weight excluding hydrogens is 196 g/mol. The molecule has 0 bridgehead atoms. The molecule has 1 aromatic carbocycles. The molecule has 1 fully saturated rings. The first-order valence-electron chi connectivity index (χ1n) is 6.23. The summed E-state index contributed by atoms with van der Waals surface area (Å²) < 4.78 is 0. The van der Waals surface area contributed by atoms with Crippen molar-refractivity contribution in [2.45, 2.75) is 31.3 Å². The van der Waals surface area contributed by atoms with Crippen LogP contribution in [0.5, 0.6) is 0 Å². The van der Waals surface area contributed by atoms with Crippen LogP contribution in [0, 0.1) is 0 Å². The van der Waals surface area contributed by atoms with Crippen LogP contribution in [0.2, 0.25) is 0 Å². The molecular formula is C14H22N2. The molecule has 0 aliphatic heterocycles. The Labute approximate surface area is 98.7 Å². The van der Waals surface area contributed by atoms with Crippen molar-refractivity contribution in [2.24, 2.45) is 0 Å². The molecule has 2 nitrogen and oxygen atoms in total. The number of likely N-dealkylation sites (N-methyl/N-ethyl adjacent to an activating group) is 2. The minimum absolute atomic E-state index is 0.451. The van der Waals surface area contributed by atoms with Gasteiger partial charge in [-0.3, -0.25) is 0 Å². The van der Waals surface area contributed by atoms with Crippen LogP contribution in [0.3, 0.4) is 0 Å². The van der Waals surface area contributed by atoms with Gasteiger partial charge in [0, 0.05) is 18.6 Å². The van der Waals surface area contributed by atoms with Crippen molar-refractivity contribution in [1.29, 1.82) is 0 Å². The molecule has 0 heterocycles. The Bertz CT molecular complexity index is 306. The predicted octanol–water partition coefficient (Wildman–Crippen LogP) is 2.43. The van der Waals surface area contributed by atoms with Crippen LogP contribution in [0.4, 0.5) is 0 Å². The number of rotatable bonds is 5.